The van der Waals surface area contributed by atoms with Gasteiger partial charge >= 0.3 is 0 Å². The van der Waals surface area contributed by atoms with E-state index in [2.05, 4.69) is 69.4 Å². The van der Waals surface area contributed by atoms with Crippen molar-refractivity contribution in [3.63, 3.8) is 0 Å². The normalized spacial score (nSPS) is 46.4. The van der Waals surface area contributed by atoms with Crippen molar-refractivity contribution >= 4 is 0 Å². The molecule has 2 saturated heterocycles. The van der Waals surface area contributed by atoms with Gasteiger partial charge < -0.3 is 10.6 Å². The Bertz CT molecular complexity index is 717. The second-order valence-electron chi connectivity index (χ2n) is 11.8. The summed E-state index contributed by atoms with van der Waals surface area (Å²) < 4.78 is 0. The van der Waals surface area contributed by atoms with Crippen LogP contribution in [0.5, 0.6) is 0 Å². The molecule has 8 unspecified atom stereocenters. The van der Waals surface area contributed by atoms with E-state index in [1.54, 1.807) is 11.1 Å². The van der Waals surface area contributed by atoms with Crippen molar-refractivity contribution in [2.24, 2.45) is 28.4 Å². The maximum Gasteiger partial charge on any atom is 0.162 e. The molecule has 4 aliphatic rings. The van der Waals surface area contributed by atoms with Crippen molar-refractivity contribution in [3.05, 3.63) is 23.3 Å². The van der Waals surface area contributed by atoms with E-state index in [-0.39, 0.29) is 6.17 Å². The van der Waals surface area contributed by atoms with Crippen LogP contribution < -0.4 is 21.3 Å². The molecule has 2 aliphatic heterocycles. The fraction of sp³-hybridized carbons (Fsp3) is 0.846. The van der Waals surface area contributed by atoms with Crippen LogP contribution in [0.3, 0.4) is 0 Å². The molecule has 176 valence electrons. The van der Waals surface area contributed by atoms with Gasteiger partial charge in [0.1, 0.15) is 12.7 Å². The number of nitrogens with two attached hydrogens (primary N) is 1. The molecule has 0 amide bonds. The third-order valence-electron chi connectivity index (χ3n) is 10.1. The van der Waals surface area contributed by atoms with Gasteiger partial charge in [0.2, 0.25) is 0 Å². The summed E-state index contributed by atoms with van der Waals surface area (Å²) in [7, 11) is 2.28. The number of rotatable bonds is 5. The topological polar surface area (TPSA) is 57.8 Å². The molecular weight excluding hydrogens is 382 g/mol. The van der Waals surface area contributed by atoms with Gasteiger partial charge in [-0.25, -0.2) is 4.90 Å². The Kier molecular flexibility index (Phi) is 6.73. The van der Waals surface area contributed by atoms with Crippen LogP contribution in [0.4, 0.5) is 0 Å². The first-order chi connectivity index (χ1) is 14.7. The van der Waals surface area contributed by atoms with Crippen LogP contribution in [0.25, 0.3) is 0 Å². The van der Waals surface area contributed by atoms with Gasteiger partial charge in [-0.15, -0.1) is 0 Å². The zero-order chi connectivity index (χ0) is 22.4. The first kappa shape index (κ1) is 23.4. The van der Waals surface area contributed by atoms with Gasteiger partial charge in [0, 0.05) is 6.54 Å². The fourth-order valence-corrected chi connectivity index (χ4v) is 7.52. The third-order valence-corrected chi connectivity index (χ3v) is 10.1. The molecule has 1 saturated carbocycles. The van der Waals surface area contributed by atoms with Crippen LogP contribution >= 0.6 is 0 Å². The molecule has 0 aromatic heterocycles. The van der Waals surface area contributed by atoms with Crippen molar-refractivity contribution < 1.29 is 4.90 Å². The Morgan fingerprint density at radius 3 is 2.87 bits per heavy atom. The quantitative estimate of drug-likeness (QED) is 0.506. The second-order valence-corrected chi connectivity index (χ2v) is 11.8. The molecule has 8 atom stereocenters. The van der Waals surface area contributed by atoms with Gasteiger partial charge in [-0.3, -0.25) is 10.6 Å². The number of hydrogen-bond acceptors (Lipinski definition) is 4. The molecule has 4 rings (SSSR count). The molecule has 5 N–H and O–H groups in total. The molecule has 0 radical (unpaired) electrons. The van der Waals surface area contributed by atoms with Crippen LogP contribution in [-0.4, -0.2) is 50.2 Å². The predicted molar refractivity (Wildman–Crippen MR) is 129 cm³/mol. The zero-order valence-electron chi connectivity index (χ0n) is 20.9. The summed E-state index contributed by atoms with van der Waals surface area (Å²) in [5.41, 5.74) is 10.5. The minimum Gasteiger partial charge on any atom is -0.314 e. The van der Waals surface area contributed by atoms with E-state index in [4.69, 9.17) is 5.73 Å². The number of likely N-dealkylation sites (N-methyl/N-ethyl adjacent to an activating group) is 1. The monoisotopic (exact) mass is 430 g/mol. The van der Waals surface area contributed by atoms with Gasteiger partial charge in [0.05, 0.1) is 19.9 Å². The van der Waals surface area contributed by atoms with E-state index in [9.17, 15) is 0 Å². The average Bonchev–Trinajstić information content (AvgIpc) is 3.07. The number of nitrogens with one attached hydrogen (secondary N) is 3. The Hall–Kier alpha value is -0.720. The summed E-state index contributed by atoms with van der Waals surface area (Å²) in [6, 6.07) is 0.367. The lowest BCUT2D eigenvalue weighted by molar-refractivity contribution is -0.900. The highest BCUT2D eigenvalue weighted by atomic mass is 15.5. The molecule has 2 aliphatic carbocycles. The molecule has 0 spiro atoms. The Morgan fingerprint density at radius 2 is 2.10 bits per heavy atom. The summed E-state index contributed by atoms with van der Waals surface area (Å²) >= 11 is 0. The van der Waals surface area contributed by atoms with Gasteiger partial charge in [-0.1, -0.05) is 44.1 Å². The van der Waals surface area contributed by atoms with Crippen LogP contribution in [0.1, 0.15) is 73.1 Å². The number of allylic oxidation sites excluding steroid dienone is 3. The van der Waals surface area contributed by atoms with Crippen molar-refractivity contribution in [2.45, 2.75) is 91.5 Å². The van der Waals surface area contributed by atoms with Gasteiger partial charge in [0.25, 0.3) is 0 Å². The smallest absolute Gasteiger partial charge is 0.162 e. The Balaban J connectivity index is 1.40. The summed E-state index contributed by atoms with van der Waals surface area (Å²) in [5, 5.41) is 6.98. The molecule has 31 heavy (non-hydrogen) atoms. The Morgan fingerprint density at radius 1 is 1.32 bits per heavy atom. The maximum absolute atomic E-state index is 6.42. The number of fused-ring (bicyclic) bond motifs is 2. The summed E-state index contributed by atoms with van der Waals surface area (Å²) in [5.74, 6) is 1.65. The van der Waals surface area contributed by atoms with E-state index in [1.165, 1.54) is 43.4 Å². The fourth-order valence-electron chi connectivity index (χ4n) is 7.52. The minimum absolute atomic E-state index is 0.0553. The highest BCUT2D eigenvalue weighted by molar-refractivity contribution is 5.21. The lowest BCUT2D eigenvalue weighted by Gasteiger charge is -2.58. The predicted octanol–water partition coefficient (Wildman–Crippen LogP) is 2.43. The highest BCUT2D eigenvalue weighted by Gasteiger charge is 2.53. The zero-order valence-corrected chi connectivity index (χ0v) is 20.9. The van der Waals surface area contributed by atoms with Gasteiger partial charge in [0.15, 0.2) is 6.17 Å². The van der Waals surface area contributed by atoms with Crippen LogP contribution in [0, 0.1) is 22.7 Å². The van der Waals surface area contributed by atoms with E-state index in [0.717, 1.165) is 31.7 Å². The number of nitrogens with zero attached hydrogens (tertiary/aromatic N) is 1. The molecule has 0 bridgehead atoms. The van der Waals surface area contributed by atoms with Crippen molar-refractivity contribution in [1.82, 2.24) is 15.5 Å². The standard InChI is InChI=1S/C26H47N5/c1-18(12-15-31-17-30(6)24-22(31)23(27)28-16-29-24)10-13-25(4)20(3)11-14-26(5)19(2)8-7-9-21(25)26/h8,12,20-24,28-29H,7,9-11,13-17,27H2,1-6H3/p+1. The van der Waals surface area contributed by atoms with Crippen LogP contribution in [0.15, 0.2) is 23.3 Å². The van der Waals surface area contributed by atoms with E-state index in [1.807, 2.05) is 0 Å². The first-order valence-electron chi connectivity index (χ1n) is 12.8. The SMILES string of the molecule is CC(=CCN1C[NH+](C)C2NCNC(N)C21)CCC1(C)C(C)CCC2(C)C(C)=CCCC21. The molecule has 5 nitrogen and oxygen atoms in total. The lowest BCUT2D eigenvalue weighted by Crippen LogP contribution is -3.14. The molecule has 0 aromatic carbocycles. The second kappa shape index (κ2) is 8.90. The molecule has 0 aromatic rings. The van der Waals surface area contributed by atoms with Gasteiger partial charge in [-0.05, 0) is 75.0 Å². The summed E-state index contributed by atoms with van der Waals surface area (Å²) in [4.78, 5) is 4.08. The minimum atomic E-state index is 0.0553. The van der Waals surface area contributed by atoms with Crippen LogP contribution in [0.2, 0.25) is 0 Å². The van der Waals surface area contributed by atoms with E-state index >= 15 is 0 Å². The van der Waals surface area contributed by atoms with E-state index < -0.39 is 0 Å². The molecule has 3 fully saturated rings. The number of quaternary nitrogens is 1. The molecular formula is C26H48N5+. The van der Waals surface area contributed by atoms with Crippen LogP contribution in [-0.2, 0) is 0 Å². The average molecular weight is 431 g/mol. The van der Waals surface area contributed by atoms with E-state index in [0.29, 0.717) is 23.0 Å². The third kappa shape index (κ3) is 4.17. The molecule has 2 heterocycles. The summed E-state index contributed by atoms with van der Waals surface area (Å²) in [6.07, 6.45) is 13.5. The van der Waals surface area contributed by atoms with Crippen molar-refractivity contribution in [2.75, 3.05) is 26.9 Å². The highest BCUT2D eigenvalue weighted by Crippen LogP contribution is 2.61. The first-order valence-corrected chi connectivity index (χ1v) is 12.8. The lowest BCUT2D eigenvalue weighted by atomic mass is 9.47. The van der Waals surface area contributed by atoms with Crippen molar-refractivity contribution in [3.8, 4) is 0 Å². The maximum atomic E-state index is 6.42. The van der Waals surface area contributed by atoms with Crippen molar-refractivity contribution in [1.29, 1.82) is 0 Å². The van der Waals surface area contributed by atoms with Gasteiger partial charge in [-0.2, -0.15) is 0 Å². The number of hydrogen-bond donors (Lipinski definition) is 4. The summed E-state index contributed by atoms with van der Waals surface area (Å²) in [6.45, 7) is 15.3. The largest absolute Gasteiger partial charge is 0.314 e. The molecule has 5 heteroatoms. The Labute approximate surface area is 190 Å².